The number of fused-ring (bicyclic) bond motifs is 1. The van der Waals surface area contributed by atoms with Crippen LogP contribution in [0.1, 0.15) is 87.9 Å². The van der Waals surface area contributed by atoms with Crippen molar-refractivity contribution in [1.29, 1.82) is 0 Å². The standard InChI is InChI=1S/C28H41N7O/c1-6-28(4,5)35-26(30-31-32-35)25(34-14-12-33(13-15-34)22-10-8-7-9-11-22)23-18-21-16-19(2)20(3)17-24(21)29-27(23)36/h16-18,22,25H,6-15H2,1-5H3,(H,29,36). The first-order chi connectivity index (χ1) is 17.3. The molecule has 1 aromatic carbocycles. The van der Waals surface area contributed by atoms with E-state index in [1.165, 1.54) is 43.2 Å². The SMILES string of the molecule is CCC(C)(C)n1nnnc1C(c1cc2cc(C)c(C)cc2[nH]c1=O)N1CCN(C2CCCCC2)CC1. The molecule has 0 radical (unpaired) electrons. The Morgan fingerprint density at radius 3 is 2.42 bits per heavy atom. The monoisotopic (exact) mass is 491 g/mol. The molecule has 194 valence electrons. The van der Waals surface area contributed by atoms with Gasteiger partial charge < -0.3 is 4.98 Å². The minimum Gasteiger partial charge on any atom is -0.322 e. The van der Waals surface area contributed by atoms with Crippen molar-refractivity contribution in [3.63, 3.8) is 0 Å². The van der Waals surface area contributed by atoms with Crippen molar-refractivity contribution in [3.8, 4) is 0 Å². The van der Waals surface area contributed by atoms with Gasteiger partial charge in [-0.15, -0.1) is 5.10 Å². The molecule has 1 saturated heterocycles. The van der Waals surface area contributed by atoms with Crippen LogP contribution in [0.3, 0.4) is 0 Å². The molecule has 2 fully saturated rings. The summed E-state index contributed by atoms with van der Waals surface area (Å²) in [6.07, 6.45) is 7.59. The average Bonchev–Trinajstić information content (AvgIpc) is 3.37. The average molecular weight is 492 g/mol. The highest BCUT2D eigenvalue weighted by Gasteiger charge is 2.36. The Morgan fingerprint density at radius 2 is 1.72 bits per heavy atom. The molecule has 1 saturated carbocycles. The van der Waals surface area contributed by atoms with Gasteiger partial charge in [-0.2, -0.15) is 0 Å². The van der Waals surface area contributed by atoms with Gasteiger partial charge in [0.25, 0.3) is 5.56 Å². The molecule has 0 spiro atoms. The van der Waals surface area contributed by atoms with Gasteiger partial charge in [-0.3, -0.25) is 14.6 Å². The Balaban J connectivity index is 1.55. The van der Waals surface area contributed by atoms with Crippen LogP contribution in [0.25, 0.3) is 10.9 Å². The molecule has 1 aliphatic carbocycles. The number of hydrogen-bond acceptors (Lipinski definition) is 6. The molecule has 2 aromatic heterocycles. The number of hydrogen-bond donors (Lipinski definition) is 1. The van der Waals surface area contributed by atoms with E-state index in [1.807, 2.05) is 4.68 Å². The second-order valence-electron chi connectivity index (χ2n) is 11.5. The highest BCUT2D eigenvalue weighted by Crippen LogP contribution is 2.32. The Labute approximate surface area is 214 Å². The second-order valence-corrected chi connectivity index (χ2v) is 11.5. The third-order valence-electron chi connectivity index (χ3n) is 8.76. The van der Waals surface area contributed by atoms with Crippen LogP contribution in [0.2, 0.25) is 0 Å². The highest BCUT2D eigenvalue weighted by molar-refractivity contribution is 5.81. The molecule has 3 heterocycles. The topological polar surface area (TPSA) is 82.9 Å². The smallest absolute Gasteiger partial charge is 0.253 e. The second kappa shape index (κ2) is 10.1. The van der Waals surface area contributed by atoms with Gasteiger partial charge >= 0.3 is 0 Å². The summed E-state index contributed by atoms with van der Waals surface area (Å²) in [6.45, 7) is 14.5. The summed E-state index contributed by atoms with van der Waals surface area (Å²) in [4.78, 5) is 21.8. The summed E-state index contributed by atoms with van der Waals surface area (Å²) in [7, 11) is 0. The number of tetrazole rings is 1. The Morgan fingerprint density at radius 1 is 1.03 bits per heavy atom. The van der Waals surface area contributed by atoms with E-state index in [-0.39, 0.29) is 17.1 Å². The number of benzene rings is 1. The number of aromatic nitrogens is 5. The van der Waals surface area contributed by atoms with E-state index in [1.54, 1.807) is 0 Å². The van der Waals surface area contributed by atoms with E-state index in [9.17, 15) is 4.79 Å². The summed E-state index contributed by atoms with van der Waals surface area (Å²) < 4.78 is 1.94. The molecule has 3 aromatic rings. The number of aryl methyl sites for hydroxylation is 2. The first-order valence-electron chi connectivity index (χ1n) is 13.7. The lowest BCUT2D eigenvalue weighted by Crippen LogP contribution is -2.52. The largest absolute Gasteiger partial charge is 0.322 e. The Kier molecular flexibility index (Phi) is 7.01. The third kappa shape index (κ3) is 4.73. The fourth-order valence-electron chi connectivity index (χ4n) is 5.95. The predicted molar refractivity (Wildman–Crippen MR) is 143 cm³/mol. The molecule has 0 amide bonds. The van der Waals surface area contributed by atoms with E-state index in [2.05, 4.69) is 83.1 Å². The van der Waals surface area contributed by atoms with Crippen molar-refractivity contribution in [2.24, 2.45) is 0 Å². The lowest BCUT2D eigenvalue weighted by molar-refractivity contribution is 0.0603. The summed E-state index contributed by atoms with van der Waals surface area (Å²) in [6, 6.07) is 6.71. The third-order valence-corrected chi connectivity index (χ3v) is 8.76. The zero-order valence-corrected chi connectivity index (χ0v) is 22.5. The Hall–Kier alpha value is -2.58. The molecule has 2 aliphatic rings. The van der Waals surface area contributed by atoms with Crippen molar-refractivity contribution >= 4 is 10.9 Å². The van der Waals surface area contributed by atoms with Gasteiger partial charge in [-0.1, -0.05) is 26.2 Å². The predicted octanol–water partition coefficient (Wildman–Crippen LogP) is 4.32. The number of aromatic amines is 1. The molecular weight excluding hydrogens is 450 g/mol. The molecule has 1 aliphatic heterocycles. The number of H-pyrrole nitrogens is 1. The van der Waals surface area contributed by atoms with Gasteiger partial charge in [-0.25, -0.2) is 4.68 Å². The van der Waals surface area contributed by atoms with Crippen LogP contribution >= 0.6 is 0 Å². The van der Waals surface area contributed by atoms with Gasteiger partial charge in [0.05, 0.1) is 5.54 Å². The van der Waals surface area contributed by atoms with Crippen LogP contribution in [0.4, 0.5) is 0 Å². The zero-order valence-electron chi connectivity index (χ0n) is 22.5. The number of nitrogens with one attached hydrogen (secondary N) is 1. The van der Waals surface area contributed by atoms with Gasteiger partial charge in [-0.05, 0) is 92.1 Å². The van der Waals surface area contributed by atoms with Crippen LogP contribution in [0.15, 0.2) is 23.0 Å². The normalized spacial score (nSPS) is 19.7. The van der Waals surface area contributed by atoms with Gasteiger partial charge in [0, 0.05) is 43.3 Å². The Bertz CT molecular complexity index is 1260. The molecular formula is C28H41N7O. The number of nitrogens with zero attached hydrogens (tertiary/aromatic N) is 6. The van der Waals surface area contributed by atoms with E-state index >= 15 is 0 Å². The van der Waals surface area contributed by atoms with Gasteiger partial charge in [0.1, 0.15) is 6.04 Å². The van der Waals surface area contributed by atoms with E-state index in [0.717, 1.165) is 54.9 Å². The lowest BCUT2D eigenvalue weighted by atomic mass is 9.93. The summed E-state index contributed by atoms with van der Waals surface area (Å²) in [5, 5.41) is 14.1. The van der Waals surface area contributed by atoms with Crippen LogP contribution in [-0.2, 0) is 5.54 Å². The van der Waals surface area contributed by atoms with E-state index in [4.69, 9.17) is 0 Å². The molecule has 8 heteroatoms. The van der Waals surface area contributed by atoms with Crippen molar-refractivity contribution < 1.29 is 0 Å². The van der Waals surface area contributed by atoms with Crippen molar-refractivity contribution in [2.75, 3.05) is 26.2 Å². The molecule has 1 N–H and O–H groups in total. The molecule has 36 heavy (non-hydrogen) atoms. The summed E-state index contributed by atoms with van der Waals surface area (Å²) in [5.41, 5.74) is 3.68. The van der Waals surface area contributed by atoms with Crippen LogP contribution < -0.4 is 5.56 Å². The number of pyridine rings is 1. The molecule has 1 unspecified atom stereocenters. The van der Waals surface area contributed by atoms with Crippen LogP contribution in [-0.4, -0.2) is 67.2 Å². The van der Waals surface area contributed by atoms with Crippen molar-refractivity contribution in [3.05, 3.63) is 51.1 Å². The van der Waals surface area contributed by atoms with E-state index < -0.39 is 0 Å². The van der Waals surface area contributed by atoms with Gasteiger partial charge in [0.2, 0.25) is 0 Å². The van der Waals surface area contributed by atoms with Crippen molar-refractivity contribution in [1.82, 2.24) is 35.0 Å². The van der Waals surface area contributed by atoms with Crippen LogP contribution in [0, 0.1) is 13.8 Å². The van der Waals surface area contributed by atoms with Gasteiger partial charge in [0.15, 0.2) is 5.82 Å². The fraction of sp³-hybridized carbons (Fsp3) is 0.643. The first-order valence-corrected chi connectivity index (χ1v) is 13.7. The molecule has 1 atom stereocenters. The summed E-state index contributed by atoms with van der Waals surface area (Å²) in [5.74, 6) is 0.752. The maximum atomic E-state index is 13.6. The quantitative estimate of drug-likeness (QED) is 0.553. The van der Waals surface area contributed by atoms with Crippen molar-refractivity contribution in [2.45, 2.75) is 90.8 Å². The van der Waals surface area contributed by atoms with E-state index in [0.29, 0.717) is 6.04 Å². The number of piperazine rings is 1. The molecule has 8 nitrogen and oxygen atoms in total. The maximum Gasteiger partial charge on any atom is 0.253 e. The first kappa shape index (κ1) is 25.1. The maximum absolute atomic E-state index is 13.6. The molecule has 5 rings (SSSR count). The highest BCUT2D eigenvalue weighted by atomic mass is 16.1. The lowest BCUT2D eigenvalue weighted by Gasteiger charge is -2.43. The molecule has 0 bridgehead atoms. The van der Waals surface area contributed by atoms with Crippen LogP contribution in [0.5, 0.6) is 0 Å². The minimum absolute atomic E-state index is 0.0608. The summed E-state index contributed by atoms with van der Waals surface area (Å²) >= 11 is 0. The zero-order chi connectivity index (χ0) is 25.4. The fourth-order valence-corrected chi connectivity index (χ4v) is 5.95. The number of rotatable bonds is 6. The minimum atomic E-state index is -0.297.